The average Bonchev–Trinajstić information content (AvgIpc) is 3.57. The van der Waals surface area contributed by atoms with Crippen molar-refractivity contribution < 1.29 is 9.15 Å². The molecule has 4 nitrogen and oxygen atoms in total. The van der Waals surface area contributed by atoms with Gasteiger partial charge in [-0.3, -0.25) is 0 Å². The van der Waals surface area contributed by atoms with Crippen molar-refractivity contribution in [3.8, 4) is 22.6 Å². The van der Waals surface area contributed by atoms with Crippen LogP contribution in [0.4, 0.5) is 34.1 Å². The summed E-state index contributed by atoms with van der Waals surface area (Å²) in [5.41, 5.74) is 10.2. The Labute approximate surface area is 289 Å². The van der Waals surface area contributed by atoms with E-state index in [9.17, 15) is 0 Å². The number of hydrogen-bond donors (Lipinski definition) is 0. The van der Waals surface area contributed by atoms with Gasteiger partial charge in [-0.1, -0.05) is 103 Å². The first-order valence-corrected chi connectivity index (χ1v) is 16.9. The lowest BCUT2D eigenvalue weighted by Gasteiger charge is -2.30. The molecule has 0 aliphatic carbocycles. The summed E-state index contributed by atoms with van der Waals surface area (Å²) >= 11 is 0. The molecule has 0 saturated carbocycles. The van der Waals surface area contributed by atoms with Crippen LogP contribution >= 0.6 is 0 Å². The van der Waals surface area contributed by atoms with Crippen molar-refractivity contribution in [1.82, 2.24) is 0 Å². The Morgan fingerprint density at radius 3 is 1.66 bits per heavy atom. The third-order valence-electron chi connectivity index (χ3n) is 9.62. The van der Waals surface area contributed by atoms with E-state index in [0.717, 1.165) is 89.5 Å². The van der Waals surface area contributed by atoms with E-state index in [1.807, 2.05) is 18.2 Å². The zero-order valence-electron chi connectivity index (χ0n) is 27.0. The van der Waals surface area contributed by atoms with E-state index in [2.05, 4.69) is 174 Å². The van der Waals surface area contributed by atoms with Crippen LogP contribution in [-0.2, 0) is 0 Å². The molecule has 10 rings (SSSR count). The van der Waals surface area contributed by atoms with Crippen LogP contribution in [0.25, 0.3) is 43.8 Å². The first kappa shape index (κ1) is 28.3. The fourth-order valence-electron chi connectivity index (χ4n) is 7.43. The highest BCUT2D eigenvalue weighted by Gasteiger charge is 2.26. The second kappa shape index (κ2) is 11.4. The summed E-state index contributed by atoms with van der Waals surface area (Å²) in [5.74, 6) is 1.66. The van der Waals surface area contributed by atoms with Crippen molar-refractivity contribution >= 4 is 66.8 Å². The third kappa shape index (κ3) is 4.46. The fraction of sp³-hybridized carbons (Fsp3) is 0. The monoisotopic (exact) mass is 642 g/mol. The van der Waals surface area contributed by atoms with Crippen molar-refractivity contribution in [3.63, 3.8) is 0 Å². The second-order valence-electron chi connectivity index (χ2n) is 12.5. The quantitative estimate of drug-likeness (QED) is 0.180. The highest BCUT2D eigenvalue weighted by Crippen LogP contribution is 2.52. The zero-order chi connectivity index (χ0) is 33.0. The molecule has 0 atom stereocenters. The molecular weight excluding hydrogens is 613 g/mol. The lowest BCUT2D eigenvalue weighted by Crippen LogP contribution is -2.12. The van der Waals surface area contributed by atoms with Crippen molar-refractivity contribution in [1.29, 1.82) is 0 Å². The van der Waals surface area contributed by atoms with Gasteiger partial charge in [-0.05, 0) is 78.4 Å². The van der Waals surface area contributed by atoms with Crippen molar-refractivity contribution in [2.45, 2.75) is 0 Å². The number of para-hydroxylation sites is 5. The average molecular weight is 643 g/mol. The molecule has 1 aromatic heterocycles. The minimum Gasteiger partial charge on any atom is -0.456 e. The van der Waals surface area contributed by atoms with E-state index in [1.54, 1.807) is 0 Å². The Balaban J connectivity index is 1.14. The van der Waals surface area contributed by atoms with Gasteiger partial charge in [-0.25, -0.2) is 0 Å². The number of benzene rings is 8. The molecule has 50 heavy (non-hydrogen) atoms. The Kier molecular flexibility index (Phi) is 6.46. The van der Waals surface area contributed by atoms with Gasteiger partial charge in [0, 0.05) is 50.2 Å². The lowest BCUT2D eigenvalue weighted by atomic mass is 9.93. The third-order valence-corrected chi connectivity index (χ3v) is 9.62. The molecule has 0 spiro atoms. The van der Waals surface area contributed by atoms with Gasteiger partial charge in [-0.15, -0.1) is 0 Å². The van der Waals surface area contributed by atoms with Gasteiger partial charge in [0.05, 0.1) is 17.1 Å². The molecule has 0 unspecified atom stereocenters. The van der Waals surface area contributed by atoms with Crippen LogP contribution in [0, 0.1) is 0 Å². The van der Waals surface area contributed by atoms with Gasteiger partial charge in [0.2, 0.25) is 0 Å². The molecule has 0 radical (unpaired) electrons. The summed E-state index contributed by atoms with van der Waals surface area (Å²) in [4.78, 5) is 4.57. The number of fused-ring (bicyclic) bond motifs is 5. The molecule has 1 aliphatic rings. The van der Waals surface area contributed by atoms with Crippen LogP contribution < -0.4 is 14.5 Å². The second-order valence-corrected chi connectivity index (χ2v) is 12.5. The first-order chi connectivity index (χ1) is 24.8. The summed E-state index contributed by atoms with van der Waals surface area (Å²) in [6.45, 7) is 0. The molecule has 2 heterocycles. The number of anilines is 6. The Hall–Kier alpha value is -6.78. The number of ether oxygens (including phenoxy) is 1. The molecule has 0 saturated heterocycles. The highest BCUT2D eigenvalue weighted by molar-refractivity contribution is 6.12. The van der Waals surface area contributed by atoms with E-state index < -0.39 is 0 Å². The molecular formula is C46H30N2O2. The number of nitrogens with zero attached hydrogens (tertiary/aromatic N) is 2. The summed E-state index contributed by atoms with van der Waals surface area (Å²) in [7, 11) is 0. The maximum atomic E-state index is 6.83. The first-order valence-electron chi connectivity index (χ1n) is 16.9. The standard InChI is InChI=1S/C46H30N2O2/c1-4-14-31(15-5-1)47(32-16-6-2-7-17-32)40-29-28-37-36-27-26-34(30-44(36)49-43-25-13-22-39(40)45(37)43)48(33-18-8-3-9-19-33)41-23-12-21-38-35-20-10-11-24-42(35)50-46(38)41/h1-30H. The minimum atomic E-state index is 0.816. The van der Waals surface area contributed by atoms with Gasteiger partial charge in [0.15, 0.2) is 5.58 Å². The van der Waals surface area contributed by atoms with Crippen LogP contribution in [0.15, 0.2) is 186 Å². The maximum Gasteiger partial charge on any atom is 0.159 e. The Morgan fingerprint density at radius 1 is 0.360 bits per heavy atom. The fourth-order valence-corrected chi connectivity index (χ4v) is 7.43. The van der Waals surface area contributed by atoms with Crippen LogP contribution in [0.1, 0.15) is 0 Å². The van der Waals surface area contributed by atoms with Crippen LogP contribution in [0.2, 0.25) is 0 Å². The van der Waals surface area contributed by atoms with Gasteiger partial charge in [0.1, 0.15) is 17.1 Å². The zero-order valence-corrected chi connectivity index (χ0v) is 27.0. The van der Waals surface area contributed by atoms with E-state index in [1.165, 1.54) is 0 Å². The van der Waals surface area contributed by atoms with Crippen molar-refractivity contribution in [3.05, 3.63) is 182 Å². The van der Waals surface area contributed by atoms with E-state index in [0.29, 0.717) is 0 Å². The normalized spacial score (nSPS) is 11.8. The molecule has 9 aromatic rings. The minimum absolute atomic E-state index is 0.816. The number of rotatable bonds is 6. The Morgan fingerprint density at radius 2 is 0.940 bits per heavy atom. The molecule has 236 valence electrons. The molecule has 1 aliphatic heterocycles. The molecule has 0 bridgehead atoms. The number of furan rings is 1. The summed E-state index contributed by atoms with van der Waals surface area (Å²) < 4.78 is 13.3. The maximum absolute atomic E-state index is 6.83. The van der Waals surface area contributed by atoms with Gasteiger partial charge in [0.25, 0.3) is 0 Å². The number of hydrogen-bond acceptors (Lipinski definition) is 4. The molecule has 8 aromatic carbocycles. The summed E-state index contributed by atoms with van der Waals surface area (Å²) in [6, 6.07) is 63.4. The summed E-state index contributed by atoms with van der Waals surface area (Å²) in [6.07, 6.45) is 0. The predicted octanol–water partition coefficient (Wildman–Crippen LogP) is 13.5. The lowest BCUT2D eigenvalue weighted by molar-refractivity contribution is 0.487. The molecule has 0 amide bonds. The van der Waals surface area contributed by atoms with Crippen molar-refractivity contribution in [2.75, 3.05) is 9.80 Å². The highest BCUT2D eigenvalue weighted by atomic mass is 16.5. The topological polar surface area (TPSA) is 28.9 Å². The predicted molar refractivity (Wildman–Crippen MR) is 206 cm³/mol. The molecule has 0 N–H and O–H groups in total. The van der Waals surface area contributed by atoms with Gasteiger partial charge >= 0.3 is 0 Å². The SMILES string of the molecule is c1ccc(N(c2ccccc2)c2ccc3c4c(cccc24)Oc2cc(N(c4ccccc4)c4cccc5c4oc4ccccc45)ccc2-3)cc1. The van der Waals surface area contributed by atoms with Crippen molar-refractivity contribution in [2.24, 2.45) is 0 Å². The van der Waals surface area contributed by atoms with E-state index in [-0.39, 0.29) is 0 Å². The van der Waals surface area contributed by atoms with Crippen LogP contribution in [-0.4, -0.2) is 0 Å². The largest absolute Gasteiger partial charge is 0.456 e. The molecule has 4 heteroatoms. The van der Waals surface area contributed by atoms with Gasteiger partial charge in [-0.2, -0.15) is 0 Å². The smallest absolute Gasteiger partial charge is 0.159 e. The van der Waals surface area contributed by atoms with Crippen LogP contribution in [0.5, 0.6) is 11.5 Å². The van der Waals surface area contributed by atoms with Crippen LogP contribution in [0.3, 0.4) is 0 Å². The van der Waals surface area contributed by atoms with E-state index in [4.69, 9.17) is 9.15 Å². The Bertz CT molecular complexity index is 2650. The van der Waals surface area contributed by atoms with Gasteiger partial charge < -0.3 is 19.0 Å². The summed E-state index contributed by atoms with van der Waals surface area (Å²) in [5, 5.41) is 4.43. The molecule has 0 fully saturated rings. The van der Waals surface area contributed by atoms with E-state index >= 15 is 0 Å².